The first-order valence-corrected chi connectivity index (χ1v) is 8.14. The number of unbranched alkanes of at least 4 members (excludes halogenated alkanes) is 4. The van der Waals surface area contributed by atoms with Crippen molar-refractivity contribution in [2.75, 3.05) is 0 Å². The van der Waals surface area contributed by atoms with Gasteiger partial charge in [-0.25, -0.2) is 9.78 Å². The third kappa shape index (κ3) is 29.5. The van der Waals surface area contributed by atoms with Crippen LogP contribution in [-0.4, -0.2) is 33.4 Å². The van der Waals surface area contributed by atoms with E-state index in [1.807, 2.05) is 41.5 Å². The number of rotatable bonds is 9. The van der Waals surface area contributed by atoms with E-state index in [1.54, 1.807) is 0 Å². The highest BCUT2D eigenvalue weighted by Gasteiger charge is 2.18. The predicted octanol–water partition coefficient (Wildman–Crippen LogP) is 4.42. The first-order chi connectivity index (χ1) is 10.3. The number of aliphatic carboxylic acids is 2. The van der Waals surface area contributed by atoms with Crippen LogP contribution in [0.2, 0.25) is 0 Å². The van der Waals surface area contributed by atoms with Crippen molar-refractivity contribution < 1.29 is 29.6 Å². The second-order valence-corrected chi connectivity index (χ2v) is 7.45. The van der Waals surface area contributed by atoms with Crippen LogP contribution in [0.15, 0.2) is 0 Å². The molecule has 0 saturated heterocycles. The molecule has 138 valence electrons. The molecule has 0 aromatic carbocycles. The molecule has 0 atom stereocenters. The number of carbonyl (C=O) groups is 2. The average Bonchev–Trinajstić information content (AvgIpc) is 2.34. The third-order valence-corrected chi connectivity index (χ3v) is 2.32. The molecule has 6 nitrogen and oxygen atoms in total. The van der Waals surface area contributed by atoms with Crippen molar-refractivity contribution in [3.05, 3.63) is 0 Å². The molecule has 2 N–H and O–H groups in total. The Morgan fingerprint density at radius 1 is 0.652 bits per heavy atom. The van der Waals surface area contributed by atoms with Gasteiger partial charge in [-0.2, -0.15) is 0 Å². The largest absolute Gasteiger partial charge is 0.481 e. The van der Waals surface area contributed by atoms with Gasteiger partial charge in [-0.15, -0.1) is 0 Å². The number of carboxylic acids is 2. The Kier molecular flexibility index (Phi) is 12.9. The molecule has 0 unspecified atom stereocenters. The Morgan fingerprint density at radius 2 is 0.913 bits per heavy atom. The SMILES string of the molecule is CC(C)(C)OOC(C)(C)C.O=C(O)CCCCCCCC(=O)O. The van der Waals surface area contributed by atoms with Gasteiger partial charge in [-0.1, -0.05) is 19.3 Å². The summed E-state index contributed by atoms with van der Waals surface area (Å²) in [4.78, 5) is 30.4. The molecule has 0 radical (unpaired) electrons. The zero-order chi connectivity index (χ0) is 18.5. The lowest BCUT2D eigenvalue weighted by Gasteiger charge is -2.24. The molecule has 0 fully saturated rings. The van der Waals surface area contributed by atoms with Crippen LogP contribution in [0.1, 0.15) is 86.5 Å². The van der Waals surface area contributed by atoms with Gasteiger partial charge in [-0.05, 0) is 54.4 Å². The van der Waals surface area contributed by atoms with E-state index in [0.29, 0.717) is 12.8 Å². The minimum absolute atomic E-state index is 0.215. The van der Waals surface area contributed by atoms with Crippen LogP contribution in [0, 0.1) is 0 Å². The molecule has 0 aliphatic heterocycles. The molecule has 0 aliphatic rings. The molecule has 0 heterocycles. The van der Waals surface area contributed by atoms with E-state index in [4.69, 9.17) is 20.0 Å². The summed E-state index contributed by atoms with van der Waals surface area (Å²) < 4.78 is 0. The summed E-state index contributed by atoms with van der Waals surface area (Å²) in [6.45, 7) is 11.7. The Bertz CT molecular complexity index is 293. The summed E-state index contributed by atoms with van der Waals surface area (Å²) in [5.41, 5.74) is -0.430. The Morgan fingerprint density at radius 3 is 1.13 bits per heavy atom. The van der Waals surface area contributed by atoms with Gasteiger partial charge in [0.1, 0.15) is 0 Å². The van der Waals surface area contributed by atoms with Crippen LogP contribution in [0.25, 0.3) is 0 Å². The second kappa shape index (κ2) is 12.3. The highest BCUT2D eigenvalue weighted by atomic mass is 17.2. The van der Waals surface area contributed by atoms with E-state index in [2.05, 4.69) is 0 Å². The summed E-state index contributed by atoms with van der Waals surface area (Å²) in [7, 11) is 0. The van der Waals surface area contributed by atoms with Crippen molar-refractivity contribution in [3.63, 3.8) is 0 Å². The lowest BCUT2D eigenvalue weighted by Crippen LogP contribution is -2.27. The zero-order valence-corrected chi connectivity index (χ0v) is 15.5. The molecule has 0 aromatic heterocycles. The normalized spacial score (nSPS) is 11.6. The standard InChI is InChI=1S/C9H16O4.C8H18O2/c10-8(11)6-4-2-1-3-5-7-9(12)13;1-7(2,3)9-10-8(4,5)6/h1-7H2,(H,10,11)(H,12,13);1-6H3. The minimum Gasteiger partial charge on any atom is -0.481 e. The molecular weight excluding hydrogens is 300 g/mol. The van der Waals surface area contributed by atoms with E-state index in [9.17, 15) is 9.59 Å². The monoisotopic (exact) mass is 334 g/mol. The van der Waals surface area contributed by atoms with E-state index in [-0.39, 0.29) is 24.0 Å². The predicted molar refractivity (Wildman–Crippen MR) is 89.3 cm³/mol. The van der Waals surface area contributed by atoms with Gasteiger partial charge >= 0.3 is 11.9 Å². The maximum Gasteiger partial charge on any atom is 0.303 e. The summed E-state index contributed by atoms with van der Waals surface area (Å²) in [6.07, 6.45) is 4.53. The van der Waals surface area contributed by atoms with Gasteiger partial charge in [0.15, 0.2) is 0 Å². The van der Waals surface area contributed by atoms with Crippen LogP contribution in [0.3, 0.4) is 0 Å². The number of hydrogen-bond donors (Lipinski definition) is 2. The van der Waals surface area contributed by atoms with Crippen molar-refractivity contribution in [2.24, 2.45) is 0 Å². The lowest BCUT2D eigenvalue weighted by molar-refractivity contribution is -0.393. The molecule has 0 spiro atoms. The van der Waals surface area contributed by atoms with Gasteiger partial charge < -0.3 is 10.2 Å². The molecule has 0 aliphatic carbocycles. The van der Waals surface area contributed by atoms with Crippen molar-refractivity contribution >= 4 is 11.9 Å². The molecule has 0 aromatic rings. The van der Waals surface area contributed by atoms with Gasteiger partial charge in [0, 0.05) is 12.8 Å². The Hall–Kier alpha value is -1.14. The first kappa shape index (κ1) is 24.1. The first-order valence-electron chi connectivity index (χ1n) is 8.14. The quantitative estimate of drug-likeness (QED) is 0.368. The van der Waals surface area contributed by atoms with Crippen LogP contribution < -0.4 is 0 Å². The summed E-state index contributed by atoms with van der Waals surface area (Å²) in [6, 6.07) is 0. The molecule has 0 rings (SSSR count). The maximum absolute atomic E-state index is 10.1. The number of carboxylic acid groups (broad SMARTS) is 2. The van der Waals surface area contributed by atoms with Crippen LogP contribution >= 0.6 is 0 Å². The van der Waals surface area contributed by atoms with Gasteiger partial charge in [0.25, 0.3) is 0 Å². The molecule has 0 bridgehead atoms. The summed E-state index contributed by atoms with van der Waals surface area (Å²) in [5.74, 6) is -1.52. The third-order valence-electron chi connectivity index (χ3n) is 2.32. The van der Waals surface area contributed by atoms with Crippen molar-refractivity contribution in [3.8, 4) is 0 Å². The van der Waals surface area contributed by atoms with Crippen LogP contribution in [0.5, 0.6) is 0 Å². The van der Waals surface area contributed by atoms with Gasteiger partial charge in [0.05, 0.1) is 11.2 Å². The molecule has 0 saturated carbocycles. The summed E-state index contributed by atoms with van der Waals surface area (Å²) in [5, 5.41) is 16.6. The van der Waals surface area contributed by atoms with Gasteiger partial charge in [0.2, 0.25) is 0 Å². The second-order valence-electron chi connectivity index (χ2n) is 7.45. The Balaban J connectivity index is 0. The molecular formula is C17H34O6. The minimum atomic E-state index is -0.759. The van der Waals surface area contributed by atoms with Crippen molar-refractivity contribution in [1.29, 1.82) is 0 Å². The Labute approximate surface area is 140 Å². The highest BCUT2D eigenvalue weighted by Crippen LogP contribution is 2.14. The van der Waals surface area contributed by atoms with Crippen molar-refractivity contribution in [2.45, 2.75) is 97.7 Å². The molecule has 0 amide bonds. The van der Waals surface area contributed by atoms with Gasteiger partial charge in [-0.3, -0.25) is 9.59 Å². The lowest BCUT2D eigenvalue weighted by atomic mass is 10.1. The molecule has 23 heavy (non-hydrogen) atoms. The van der Waals surface area contributed by atoms with Crippen molar-refractivity contribution in [1.82, 2.24) is 0 Å². The van der Waals surface area contributed by atoms with E-state index in [0.717, 1.165) is 19.3 Å². The van der Waals surface area contributed by atoms with E-state index < -0.39 is 11.9 Å². The zero-order valence-electron chi connectivity index (χ0n) is 15.5. The van der Waals surface area contributed by atoms with Crippen LogP contribution in [-0.2, 0) is 19.4 Å². The highest BCUT2D eigenvalue weighted by molar-refractivity contribution is 5.66. The number of hydrogen-bond acceptors (Lipinski definition) is 4. The van der Waals surface area contributed by atoms with E-state index in [1.165, 1.54) is 0 Å². The average molecular weight is 334 g/mol. The van der Waals surface area contributed by atoms with E-state index >= 15 is 0 Å². The molecule has 6 heteroatoms. The summed E-state index contributed by atoms with van der Waals surface area (Å²) >= 11 is 0. The fourth-order valence-corrected chi connectivity index (χ4v) is 1.33. The fraction of sp³-hybridized carbons (Fsp3) is 0.882. The van der Waals surface area contributed by atoms with Crippen LogP contribution in [0.4, 0.5) is 0 Å². The fourth-order valence-electron chi connectivity index (χ4n) is 1.33. The topological polar surface area (TPSA) is 93.1 Å². The maximum atomic E-state index is 10.1. The smallest absolute Gasteiger partial charge is 0.303 e.